The lowest BCUT2D eigenvalue weighted by Gasteiger charge is -2.34. The molecule has 1 saturated heterocycles. The van der Waals surface area contributed by atoms with Gasteiger partial charge in [-0.3, -0.25) is 0 Å². The van der Waals surface area contributed by atoms with Crippen LogP contribution in [0.3, 0.4) is 0 Å². The number of rotatable bonds is 2. The standard InChI is InChI=1S/C15H18N6.C2H6/c1-11-3-6-17-13(9-16)14(11)21-7-4-12(5-8-21)15-19-18-10-20(15)2;1-2/h3,6,10,12H,4-5,7-8H2,1-2H3;1-2H3. The maximum absolute atomic E-state index is 9.25. The quantitative estimate of drug-likeness (QED) is 0.852. The van der Waals surface area contributed by atoms with E-state index in [4.69, 9.17) is 0 Å². The molecule has 1 aliphatic rings. The number of nitrogens with zero attached hydrogens (tertiary/aromatic N) is 6. The predicted molar refractivity (Wildman–Crippen MR) is 90.2 cm³/mol. The Morgan fingerprint density at radius 3 is 2.52 bits per heavy atom. The van der Waals surface area contributed by atoms with Crippen LogP contribution in [0.4, 0.5) is 5.69 Å². The molecule has 6 heteroatoms. The van der Waals surface area contributed by atoms with Crippen LogP contribution in [0.5, 0.6) is 0 Å². The number of aromatic nitrogens is 4. The summed E-state index contributed by atoms with van der Waals surface area (Å²) in [5, 5.41) is 17.4. The molecule has 0 bridgehead atoms. The summed E-state index contributed by atoms with van der Waals surface area (Å²) in [5.74, 6) is 1.49. The van der Waals surface area contributed by atoms with Gasteiger partial charge < -0.3 is 9.47 Å². The molecule has 1 fully saturated rings. The largest absolute Gasteiger partial charge is 0.369 e. The smallest absolute Gasteiger partial charge is 0.164 e. The summed E-state index contributed by atoms with van der Waals surface area (Å²) in [5.41, 5.74) is 2.61. The van der Waals surface area contributed by atoms with E-state index in [-0.39, 0.29) is 0 Å². The number of hydrogen-bond acceptors (Lipinski definition) is 5. The number of nitriles is 1. The van der Waals surface area contributed by atoms with Crippen molar-refractivity contribution >= 4 is 5.69 Å². The monoisotopic (exact) mass is 312 g/mol. The highest BCUT2D eigenvalue weighted by Crippen LogP contribution is 2.31. The molecule has 1 aliphatic heterocycles. The molecule has 2 aromatic rings. The van der Waals surface area contributed by atoms with E-state index in [2.05, 4.69) is 26.2 Å². The van der Waals surface area contributed by atoms with Gasteiger partial charge in [-0.15, -0.1) is 10.2 Å². The molecule has 6 nitrogen and oxygen atoms in total. The van der Waals surface area contributed by atoms with Gasteiger partial charge in [0, 0.05) is 32.3 Å². The van der Waals surface area contributed by atoms with Crippen molar-refractivity contribution in [3.05, 3.63) is 35.7 Å². The fraction of sp³-hybridized carbons (Fsp3) is 0.529. The molecule has 23 heavy (non-hydrogen) atoms. The van der Waals surface area contributed by atoms with Crippen molar-refractivity contribution < 1.29 is 0 Å². The summed E-state index contributed by atoms with van der Waals surface area (Å²) in [7, 11) is 1.99. The molecule has 0 saturated carbocycles. The van der Waals surface area contributed by atoms with Crippen molar-refractivity contribution in [3.8, 4) is 6.07 Å². The van der Waals surface area contributed by atoms with Crippen LogP contribution in [0.2, 0.25) is 0 Å². The van der Waals surface area contributed by atoms with Gasteiger partial charge in [-0.25, -0.2) is 4.98 Å². The minimum absolute atomic E-state index is 0.441. The lowest BCUT2D eigenvalue weighted by Crippen LogP contribution is -2.34. The minimum Gasteiger partial charge on any atom is -0.369 e. The fourth-order valence-electron chi connectivity index (χ4n) is 3.05. The maximum Gasteiger partial charge on any atom is 0.164 e. The number of piperidine rings is 1. The van der Waals surface area contributed by atoms with Gasteiger partial charge in [-0.2, -0.15) is 5.26 Å². The van der Waals surface area contributed by atoms with Gasteiger partial charge in [-0.05, 0) is 31.4 Å². The van der Waals surface area contributed by atoms with Gasteiger partial charge in [0.25, 0.3) is 0 Å². The highest BCUT2D eigenvalue weighted by molar-refractivity contribution is 5.61. The van der Waals surface area contributed by atoms with E-state index in [1.165, 1.54) is 0 Å². The molecule has 0 aliphatic carbocycles. The van der Waals surface area contributed by atoms with Gasteiger partial charge in [0.1, 0.15) is 18.2 Å². The molecule has 3 heterocycles. The Morgan fingerprint density at radius 1 is 1.26 bits per heavy atom. The number of anilines is 1. The topological polar surface area (TPSA) is 70.6 Å². The molecule has 0 spiro atoms. The van der Waals surface area contributed by atoms with Gasteiger partial charge in [0.15, 0.2) is 5.69 Å². The first-order valence-electron chi connectivity index (χ1n) is 8.15. The van der Waals surface area contributed by atoms with Crippen molar-refractivity contribution in [2.75, 3.05) is 18.0 Å². The second-order valence-electron chi connectivity index (χ2n) is 5.50. The number of aryl methyl sites for hydroxylation is 2. The van der Waals surface area contributed by atoms with E-state index >= 15 is 0 Å². The molecule has 0 atom stereocenters. The molecule has 0 aromatic carbocycles. The van der Waals surface area contributed by atoms with Crippen LogP contribution in [0.1, 0.15) is 49.7 Å². The Kier molecular flexibility index (Phi) is 5.69. The molecule has 122 valence electrons. The summed E-state index contributed by atoms with van der Waals surface area (Å²) in [6.07, 6.45) is 5.49. The molecular formula is C17H24N6. The first kappa shape index (κ1) is 16.9. The predicted octanol–water partition coefficient (Wildman–Crippen LogP) is 2.80. The summed E-state index contributed by atoms with van der Waals surface area (Å²) in [6.45, 7) is 7.87. The second kappa shape index (κ2) is 7.73. The van der Waals surface area contributed by atoms with Crippen molar-refractivity contribution in [3.63, 3.8) is 0 Å². The zero-order valence-corrected chi connectivity index (χ0v) is 14.3. The second-order valence-corrected chi connectivity index (χ2v) is 5.50. The third-order valence-electron chi connectivity index (χ3n) is 4.15. The Hall–Kier alpha value is -2.42. The first-order valence-corrected chi connectivity index (χ1v) is 8.15. The van der Waals surface area contributed by atoms with E-state index in [1.54, 1.807) is 12.5 Å². The van der Waals surface area contributed by atoms with Crippen LogP contribution < -0.4 is 4.90 Å². The molecule has 0 unspecified atom stereocenters. The van der Waals surface area contributed by atoms with E-state index in [9.17, 15) is 5.26 Å². The van der Waals surface area contributed by atoms with Gasteiger partial charge >= 0.3 is 0 Å². The van der Waals surface area contributed by atoms with E-state index in [0.717, 1.165) is 43.0 Å². The fourth-order valence-corrected chi connectivity index (χ4v) is 3.05. The van der Waals surface area contributed by atoms with Crippen molar-refractivity contribution in [2.45, 2.75) is 39.5 Å². The zero-order chi connectivity index (χ0) is 16.8. The van der Waals surface area contributed by atoms with Gasteiger partial charge in [0.2, 0.25) is 0 Å². The summed E-state index contributed by atoms with van der Waals surface area (Å²) in [4.78, 5) is 6.46. The molecule has 0 N–H and O–H groups in total. The third kappa shape index (κ3) is 3.50. The molecule has 0 radical (unpaired) electrons. The van der Waals surface area contributed by atoms with E-state index in [0.29, 0.717) is 11.6 Å². The van der Waals surface area contributed by atoms with Crippen molar-refractivity contribution in [1.82, 2.24) is 19.7 Å². The summed E-state index contributed by atoms with van der Waals surface area (Å²) >= 11 is 0. The Bertz CT molecular complexity index is 677. The Morgan fingerprint density at radius 2 is 1.96 bits per heavy atom. The normalized spacial score (nSPS) is 14.8. The number of hydrogen-bond donors (Lipinski definition) is 0. The van der Waals surface area contributed by atoms with Crippen LogP contribution in [0.25, 0.3) is 0 Å². The van der Waals surface area contributed by atoms with Crippen LogP contribution in [-0.4, -0.2) is 32.8 Å². The van der Waals surface area contributed by atoms with Crippen LogP contribution in [0, 0.1) is 18.3 Å². The van der Waals surface area contributed by atoms with Crippen LogP contribution >= 0.6 is 0 Å². The number of pyridine rings is 1. The van der Waals surface area contributed by atoms with Crippen molar-refractivity contribution in [2.24, 2.45) is 7.05 Å². The SMILES string of the molecule is CC.Cc1ccnc(C#N)c1N1CCC(c2nncn2C)CC1. The van der Waals surface area contributed by atoms with Crippen molar-refractivity contribution in [1.29, 1.82) is 5.26 Å². The molecule has 3 rings (SSSR count). The lowest BCUT2D eigenvalue weighted by atomic mass is 9.95. The van der Waals surface area contributed by atoms with Gasteiger partial charge in [-0.1, -0.05) is 13.8 Å². The zero-order valence-electron chi connectivity index (χ0n) is 14.3. The molecular weight excluding hydrogens is 288 g/mol. The minimum atomic E-state index is 0.441. The average Bonchev–Trinajstić information content (AvgIpc) is 3.02. The summed E-state index contributed by atoms with van der Waals surface area (Å²) < 4.78 is 2.00. The van der Waals surface area contributed by atoms with Crippen LogP contribution in [-0.2, 0) is 7.05 Å². The average molecular weight is 312 g/mol. The molecule has 0 amide bonds. The Balaban J connectivity index is 0.000000924. The van der Waals surface area contributed by atoms with Gasteiger partial charge in [0.05, 0.1) is 5.69 Å². The molecule has 2 aromatic heterocycles. The van der Waals surface area contributed by atoms with E-state index < -0.39 is 0 Å². The first-order chi connectivity index (χ1) is 11.2. The van der Waals surface area contributed by atoms with Crippen LogP contribution in [0.15, 0.2) is 18.6 Å². The third-order valence-corrected chi connectivity index (χ3v) is 4.15. The highest BCUT2D eigenvalue weighted by Gasteiger charge is 2.26. The van der Waals surface area contributed by atoms with E-state index in [1.807, 2.05) is 38.5 Å². The summed E-state index contributed by atoms with van der Waals surface area (Å²) in [6, 6.07) is 4.17. The maximum atomic E-state index is 9.25. The lowest BCUT2D eigenvalue weighted by molar-refractivity contribution is 0.473. The highest BCUT2D eigenvalue weighted by atomic mass is 15.3. The Labute approximate surface area is 137 Å².